The van der Waals surface area contributed by atoms with Crippen molar-refractivity contribution in [3.63, 3.8) is 0 Å². The third-order valence-corrected chi connectivity index (χ3v) is 6.18. The summed E-state index contributed by atoms with van der Waals surface area (Å²) in [6, 6.07) is 6.93. The zero-order chi connectivity index (χ0) is 17.3. The average molecular weight is 353 g/mol. The fraction of sp³-hybridized carbons (Fsp3) is 0.571. The summed E-state index contributed by atoms with van der Waals surface area (Å²) in [4.78, 5) is 7.39. The second-order valence-electron chi connectivity index (χ2n) is 7.76. The minimum atomic E-state index is 0.616. The molecule has 0 N–H and O–H groups in total. The highest BCUT2D eigenvalue weighted by atomic mass is 16.6. The molecule has 0 unspecified atom stereocenters. The second-order valence-corrected chi connectivity index (χ2v) is 7.76. The highest BCUT2D eigenvalue weighted by molar-refractivity contribution is 5.61. The van der Waals surface area contributed by atoms with Crippen molar-refractivity contribution in [2.45, 2.75) is 44.7 Å². The fourth-order valence-electron chi connectivity index (χ4n) is 4.94. The highest BCUT2D eigenvalue weighted by Gasteiger charge is 2.33. The predicted octanol–water partition coefficient (Wildman–Crippen LogP) is 3.59. The summed E-state index contributed by atoms with van der Waals surface area (Å²) in [5.74, 6) is 3.44. The van der Waals surface area contributed by atoms with Gasteiger partial charge in [0, 0.05) is 30.5 Å². The van der Waals surface area contributed by atoms with Crippen molar-refractivity contribution in [2.24, 2.45) is 5.92 Å². The quantitative estimate of drug-likeness (QED) is 0.845. The van der Waals surface area contributed by atoms with Crippen molar-refractivity contribution in [1.82, 2.24) is 14.5 Å². The minimum absolute atomic E-state index is 0.616. The summed E-state index contributed by atoms with van der Waals surface area (Å²) in [7, 11) is 0. The molecule has 0 amide bonds. The van der Waals surface area contributed by atoms with Gasteiger partial charge in [0.05, 0.1) is 0 Å². The second kappa shape index (κ2) is 6.95. The van der Waals surface area contributed by atoms with Crippen LogP contribution in [0.2, 0.25) is 0 Å². The lowest BCUT2D eigenvalue weighted by Crippen LogP contribution is -2.49. The molecule has 2 saturated heterocycles. The van der Waals surface area contributed by atoms with Crippen LogP contribution in [0.15, 0.2) is 30.6 Å². The molecule has 5 heteroatoms. The van der Waals surface area contributed by atoms with E-state index in [1.165, 1.54) is 45.2 Å². The molecule has 4 heterocycles. The molecule has 0 radical (unpaired) electrons. The molecule has 5 nitrogen and oxygen atoms in total. The lowest BCUT2D eigenvalue weighted by Gasteiger charge is -2.44. The standard InChI is InChI=1S/C21H27N3O2/c1-2-9-23-10-3-4-17(18(23)5-1)15-24-11-8-22-21(24)16-6-7-19-20(14-16)26-13-12-25-19/h6-8,11,14,17-18H,1-5,9-10,12-13,15H2/t17-,18+/m0/s1. The average Bonchev–Trinajstić information content (AvgIpc) is 3.16. The maximum atomic E-state index is 5.75. The third-order valence-electron chi connectivity index (χ3n) is 6.18. The zero-order valence-electron chi connectivity index (χ0n) is 15.3. The Labute approximate surface area is 154 Å². The topological polar surface area (TPSA) is 39.5 Å². The molecule has 0 aliphatic carbocycles. The van der Waals surface area contributed by atoms with Crippen molar-refractivity contribution >= 4 is 0 Å². The smallest absolute Gasteiger partial charge is 0.162 e. The van der Waals surface area contributed by atoms with E-state index >= 15 is 0 Å². The van der Waals surface area contributed by atoms with Crippen LogP contribution < -0.4 is 9.47 Å². The van der Waals surface area contributed by atoms with E-state index < -0.39 is 0 Å². The monoisotopic (exact) mass is 353 g/mol. The Morgan fingerprint density at radius 2 is 1.88 bits per heavy atom. The first-order valence-electron chi connectivity index (χ1n) is 10.0. The van der Waals surface area contributed by atoms with E-state index in [2.05, 4.69) is 32.8 Å². The van der Waals surface area contributed by atoms with E-state index in [1.807, 2.05) is 12.3 Å². The van der Waals surface area contributed by atoms with Crippen LogP contribution in [0.5, 0.6) is 11.5 Å². The van der Waals surface area contributed by atoms with Crippen molar-refractivity contribution in [3.05, 3.63) is 30.6 Å². The number of aromatic nitrogens is 2. The first kappa shape index (κ1) is 16.2. The number of fused-ring (bicyclic) bond motifs is 2. The number of imidazole rings is 1. The van der Waals surface area contributed by atoms with E-state index in [1.54, 1.807) is 0 Å². The van der Waals surface area contributed by atoms with Gasteiger partial charge in [-0.1, -0.05) is 6.42 Å². The predicted molar refractivity (Wildman–Crippen MR) is 101 cm³/mol. The molecule has 0 bridgehead atoms. The van der Waals surface area contributed by atoms with Crippen molar-refractivity contribution in [2.75, 3.05) is 26.3 Å². The van der Waals surface area contributed by atoms with Gasteiger partial charge in [-0.2, -0.15) is 0 Å². The molecule has 2 aromatic rings. The number of piperidine rings is 2. The molecule has 1 aromatic heterocycles. The lowest BCUT2D eigenvalue weighted by atomic mass is 9.83. The van der Waals surface area contributed by atoms with Crippen LogP contribution in [-0.2, 0) is 6.54 Å². The molecular weight excluding hydrogens is 326 g/mol. The Kier molecular flexibility index (Phi) is 4.33. The van der Waals surface area contributed by atoms with Crippen LogP contribution in [0.25, 0.3) is 11.4 Å². The lowest BCUT2D eigenvalue weighted by molar-refractivity contribution is 0.0521. The van der Waals surface area contributed by atoms with E-state index in [0.717, 1.165) is 41.4 Å². The first-order chi connectivity index (χ1) is 12.9. The van der Waals surface area contributed by atoms with Gasteiger partial charge in [-0.25, -0.2) is 4.98 Å². The molecule has 2 atom stereocenters. The van der Waals surface area contributed by atoms with E-state index in [-0.39, 0.29) is 0 Å². The Bertz CT molecular complexity index is 770. The van der Waals surface area contributed by atoms with E-state index in [0.29, 0.717) is 13.2 Å². The van der Waals surface area contributed by atoms with Crippen LogP contribution in [0, 0.1) is 5.92 Å². The number of ether oxygens (including phenoxy) is 2. The summed E-state index contributed by atoms with van der Waals surface area (Å²) >= 11 is 0. The van der Waals surface area contributed by atoms with Gasteiger partial charge >= 0.3 is 0 Å². The molecule has 26 heavy (non-hydrogen) atoms. The van der Waals surface area contributed by atoms with E-state index in [9.17, 15) is 0 Å². The number of nitrogens with zero attached hydrogens (tertiary/aromatic N) is 3. The highest BCUT2D eigenvalue weighted by Crippen LogP contribution is 2.36. The van der Waals surface area contributed by atoms with Gasteiger partial charge in [0.2, 0.25) is 0 Å². The minimum Gasteiger partial charge on any atom is -0.486 e. The number of rotatable bonds is 3. The molecule has 0 spiro atoms. The van der Waals surface area contributed by atoms with Gasteiger partial charge in [-0.15, -0.1) is 0 Å². The van der Waals surface area contributed by atoms with Crippen LogP contribution in [0.4, 0.5) is 0 Å². The molecule has 1 aromatic carbocycles. The molecule has 5 rings (SSSR count). The molecule has 2 fully saturated rings. The largest absolute Gasteiger partial charge is 0.486 e. The Morgan fingerprint density at radius 3 is 2.85 bits per heavy atom. The van der Waals surface area contributed by atoms with Gasteiger partial charge in [0.15, 0.2) is 11.5 Å². The van der Waals surface area contributed by atoms with Gasteiger partial charge in [-0.05, 0) is 62.9 Å². The molecule has 0 saturated carbocycles. The van der Waals surface area contributed by atoms with Crippen LogP contribution >= 0.6 is 0 Å². The van der Waals surface area contributed by atoms with Crippen molar-refractivity contribution < 1.29 is 9.47 Å². The van der Waals surface area contributed by atoms with Crippen LogP contribution in [-0.4, -0.2) is 46.8 Å². The van der Waals surface area contributed by atoms with Crippen molar-refractivity contribution in [1.29, 1.82) is 0 Å². The molecular formula is C21H27N3O2. The molecule has 138 valence electrons. The van der Waals surface area contributed by atoms with Crippen LogP contribution in [0.3, 0.4) is 0 Å². The van der Waals surface area contributed by atoms with Crippen molar-refractivity contribution in [3.8, 4) is 22.9 Å². The number of hydrogen-bond donors (Lipinski definition) is 0. The summed E-state index contributed by atoms with van der Waals surface area (Å²) in [6.07, 6.45) is 10.8. The maximum Gasteiger partial charge on any atom is 0.162 e. The maximum absolute atomic E-state index is 5.75. The summed E-state index contributed by atoms with van der Waals surface area (Å²) < 4.78 is 13.7. The Hall–Kier alpha value is -2.01. The number of benzene rings is 1. The van der Waals surface area contributed by atoms with Gasteiger partial charge in [-0.3, -0.25) is 0 Å². The Balaban J connectivity index is 1.39. The van der Waals surface area contributed by atoms with Crippen LogP contribution in [0.1, 0.15) is 32.1 Å². The van der Waals surface area contributed by atoms with E-state index in [4.69, 9.17) is 9.47 Å². The first-order valence-corrected chi connectivity index (χ1v) is 10.0. The molecule has 3 aliphatic rings. The van der Waals surface area contributed by atoms with Gasteiger partial charge in [0.25, 0.3) is 0 Å². The SMILES string of the molecule is c1cn(C[C@@H]2CCCN3CCCC[C@H]23)c(-c2ccc3c(c2)OCCO3)n1. The molecule has 3 aliphatic heterocycles. The fourth-order valence-corrected chi connectivity index (χ4v) is 4.94. The van der Waals surface area contributed by atoms with Gasteiger partial charge in [0.1, 0.15) is 19.0 Å². The summed E-state index contributed by atoms with van der Waals surface area (Å²) in [5, 5.41) is 0. The normalized spacial score (nSPS) is 25.7. The zero-order valence-corrected chi connectivity index (χ0v) is 15.3. The third kappa shape index (κ3) is 2.98. The van der Waals surface area contributed by atoms with Gasteiger partial charge < -0.3 is 18.9 Å². The number of hydrogen-bond acceptors (Lipinski definition) is 4. The summed E-state index contributed by atoms with van der Waals surface area (Å²) in [6.45, 7) is 4.89. The summed E-state index contributed by atoms with van der Waals surface area (Å²) in [5.41, 5.74) is 1.11. The Morgan fingerprint density at radius 1 is 1.00 bits per heavy atom.